The number of rotatable bonds is 1. The average Bonchev–Trinajstić information content (AvgIpc) is 1.65. The van der Waals surface area contributed by atoms with Crippen LogP contribution in [0.25, 0.3) is 0 Å². The monoisotopic (exact) mass is 87.1 g/mol. The Morgan fingerprint density at radius 1 is 1.67 bits per heavy atom. The van der Waals surface area contributed by atoms with Gasteiger partial charge in [-0.1, -0.05) is 0 Å². The Hall–Kier alpha value is -0.700. The molecule has 6 heavy (non-hydrogen) atoms. The molecule has 0 amide bonds. The van der Waals surface area contributed by atoms with Crippen LogP contribution in [0, 0.1) is 0 Å². The number of hydrogen-bond donors (Lipinski definition) is 3. The Morgan fingerprint density at radius 3 is 2.17 bits per heavy atom. The zero-order valence-corrected chi connectivity index (χ0v) is 3.52. The summed E-state index contributed by atoms with van der Waals surface area (Å²) in [5.41, 5.74) is 15.5. The van der Waals surface area contributed by atoms with Crippen molar-refractivity contribution in [2.75, 3.05) is 6.54 Å². The molecule has 0 aromatic carbocycles. The second-order valence-corrected chi connectivity index (χ2v) is 0.946. The molecular formula is C3H9N3. The standard InChI is InChI=1S/C3H9N3/c4-1-3(6)2-5/h1H,2,4-6H2/b3-1+. The van der Waals surface area contributed by atoms with Crippen LogP contribution in [0.15, 0.2) is 11.9 Å². The highest BCUT2D eigenvalue weighted by Crippen LogP contribution is 1.65. The normalized spacial score (nSPS) is 11.8. The van der Waals surface area contributed by atoms with E-state index in [1.54, 1.807) is 0 Å². The lowest BCUT2D eigenvalue weighted by Gasteiger charge is -1.86. The van der Waals surface area contributed by atoms with Crippen LogP contribution in [0.4, 0.5) is 0 Å². The van der Waals surface area contributed by atoms with Crippen molar-refractivity contribution in [1.82, 2.24) is 0 Å². The first kappa shape index (κ1) is 5.30. The van der Waals surface area contributed by atoms with Crippen molar-refractivity contribution in [1.29, 1.82) is 0 Å². The summed E-state index contributed by atoms with van der Waals surface area (Å²) in [7, 11) is 0. The maximum absolute atomic E-state index is 5.08. The minimum Gasteiger partial charge on any atom is -0.403 e. The Balaban J connectivity index is 3.22. The maximum Gasteiger partial charge on any atom is 0.0376 e. The predicted octanol–water partition coefficient (Wildman–Crippen LogP) is -1.30. The van der Waals surface area contributed by atoms with E-state index in [4.69, 9.17) is 17.2 Å². The minimum absolute atomic E-state index is 0.344. The SMILES string of the molecule is N/C=C(/N)CN. The van der Waals surface area contributed by atoms with Gasteiger partial charge in [-0.25, -0.2) is 0 Å². The highest BCUT2D eigenvalue weighted by Gasteiger charge is 1.73. The van der Waals surface area contributed by atoms with E-state index in [-0.39, 0.29) is 0 Å². The Bertz CT molecular complexity index is 57.1. The molecule has 0 radical (unpaired) electrons. The molecule has 0 unspecified atom stereocenters. The molecule has 0 saturated heterocycles. The molecule has 3 heteroatoms. The van der Waals surface area contributed by atoms with Crippen molar-refractivity contribution in [2.45, 2.75) is 0 Å². The molecule has 36 valence electrons. The third-order valence-electron chi connectivity index (χ3n) is 0.450. The summed E-state index contributed by atoms with van der Waals surface area (Å²) >= 11 is 0. The van der Waals surface area contributed by atoms with Gasteiger partial charge in [0, 0.05) is 18.4 Å². The van der Waals surface area contributed by atoms with Gasteiger partial charge in [0.25, 0.3) is 0 Å². The molecule has 0 aliphatic heterocycles. The van der Waals surface area contributed by atoms with Gasteiger partial charge in [-0.05, 0) is 0 Å². The van der Waals surface area contributed by atoms with E-state index in [9.17, 15) is 0 Å². The van der Waals surface area contributed by atoms with Crippen molar-refractivity contribution in [3.8, 4) is 0 Å². The molecular weight excluding hydrogens is 78.1 g/mol. The molecule has 0 bridgehead atoms. The van der Waals surface area contributed by atoms with Gasteiger partial charge in [-0.15, -0.1) is 0 Å². The number of nitrogens with two attached hydrogens (primary N) is 3. The van der Waals surface area contributed by atoms with Gasteiger partial charge in [0.2, 0.25) is 0 Å². The van der Waals surface area contributed by atoms with Gasteiger partial charge in [0.1, 0.15) is 0 Å². The summed E-state index contributed by atoms with van der Waals surface area (Å²) in [6.07, 6.45) is 1.29. The topological polar surface area (TPSA) is 78.1 Å². The first-order chi connectivity index (χ1) is 2.81. The van der Waals surface area contributed by atoms with Gasteiger partial charge in [-0.2, -0.15) is 0 Å². The van der Waals surface area contributed by atoms with E-state index >= 15 is 0 Å². The zero-order chi connectivity index (χ0) is 4.99. The first-order valence-corrected chi connectivity index (χ1v) is 1.67. The fourth-order valence-electron chi connectivity index (χ4n) is 0.0680. The zero-order valence-electron chi connectivity index (χ0n) is 3.52. The molecule has 0 aromatic heterocycles. The Morgan fingerprint density at radius 2 is 2.17 bits per heavy atom. The third-order valence-corrected chi connectivity index (χ3v) is 0.450. The quantitative estimate of drug-likeness (QED) is 0.372. The fourth-order valence-corrected chi connectivity index (χ4v) is 0.0680. The van der Waals surface area contributed by atoms with Crippen molar-refractivity contribution in [2.24, 2.45) is 17.2 Å². The highest BCUT2D eigenvalue weighted by molar-refractivity contribution is 4.93. The second kappa shape index (κ2) is 2.53. The first-order valence-electron chi connectivity index (χ1n) is 1.67. The fraction of sp³-hybridized carbons (Fsp3) is 0.333. The van der Waals surface area contributed by atoms with Crippen molar-refractivity contribution < 1.29 is 0 Å². The van der Waals surface area contributed by atoms with Crippen molar-refractivity contribution in [3.63, 3.8) is 0 Å². The van der Waals surface area contributed by atoms with Crippen LogP contribution in [0.3, 0.4) is 0 Å². The van der Waals surface area contributed by atoms with E-state index in [2.05, 4.69) is 0 Å². The van der Waals surface area contributed by atoms with Gasteiger partial charge in [0.05, 0.1) is 0 Å². The summed E-state index contributed by atoms with van der Waals surface area (Å²) in [6.45, 7) is 0.344. The Kier molecular flexibility index (Phi) is 2.24. The largest absolute Gasteiger partial charge is 0.403 e. The molecule has 0 aliphatic rings. The van der Waals surface area contributed by atoms with E-state index < -0.39 is 0 Å². The van der Waals surface area contributed by atoms with Crippen molar-refractivity contribution in [3.05, 3.63) is 11.9 Å². The molecule has 0 aromatic rings. The van der Waals surface area contributed by atoms with E-state index in [1.807, 2.05) is 0 Å². The molecule has 0 atom stereocenters. The van der Waals surface area contributed by atoms with Gasteiger partial charge < -0.3 is 17.2 Å². The van der Waals surface area contributed by atoms with Gasteiger partial charge >= 0.3 is 0 Å². The molecule has 0 rings (SSSR count). The van der Waals surface area contributed by atoms with E-state index in [0.717, 1.165) is 0 Å². The molecule has 0 saturated carbocycles. The summed E-state index contributed by atoms with van der Waals surface area (Å²) in [5.74, 6) is 0. The molecule has 0 aliphatic carbocycles. The van der Waals surface area contributed by atoms with Crippen LogP contribution in [0.1, 0.15) is 0 Å². The average molecular weight is 87.1 g/mol. The minimum atomic E-state index is 0.344. The van der Waals surface area contributed by atoms with Crippen LogP contribution >= 0.6 is 0 Å². The van der Waals surface area contributed by atoms with E-state index in [1.165, 1.54) is 6.20 Å². The number of hydrogen-bond acceptors (Lipinski definition) is 3. The van der Waals surface area contributed by atoms with Gasteiger partial charge in [-0.3, -0.25) is 0 Å². The third kappa shape index (κ3) is 1.60. The lowest BCUT2D eigenvalue weighted by atomic mass is 10.5. The summed E-state index contributed by atoms with van der Waals surface area (Å²) in [5, 5.41) is 0. The van der Waals surface area contributed by atoms with Crippen LogP contribution in [-0.4, -0.2) is 6.54 Å². The lowest BCUT2D eigenvalue weighted by Crippen LogP contribution is -2.12. The summed E-state index contributed by atoms with van der Waals surface area (Å²) < 4.78 is 0. The molecule has 3 nitrogen and oxygen atoms in total. The van der Waals surface area contributed by atoms with Gasteiger partial charge in [0.15, 0.2) is 0 Å². The van der Waals surface area contributed by atoms with Crippen LogP contribution in [0.2, 0.25) is 0 Å². The van der Waals surface area contributed by atoms with Crippen LogP contribution < -0.4 is 17.2 Å². The molecule has 6 N–H and O–H groups in total. The smallest absolute Gasteiger partial charge is 0.0376 e. The van der Waals surface area contributed by atoms with E-state index in [0.29, 0.717) is 12.2 Å². The van der Waals surface area contributed by atoms with Crippen molar-refractivity contribution >= 4 is 0 Å². The molecule has 0 fully saturated rings. The molecule has 0 spiro atoms. The summed E-state index contributed by atoms with van der Waals surface area (Å²) in [4.78, 5) is 0. The molecule has 0 heterocycles. The van der Waals surface area contributed by atoms with Crippen LogP contribution in [0.5, 0.6) is 0 Å². The van der Waals surface area contributed by atoms with Crippen LogP contribution in [-0.2, 0) is 0 Å². The highest BCUT2D eigenvalue weighted by atomic mass is 14.7. The Labute approximate surface area is 36.8 Å². The lowest BCUT2D eigenvalue weighted by molar-refractivity contribution is 1.09. The predicted molar refractivity (Wildman–Crippen MR) is 25.5 cm³/mol. The summed E-state index contributed by atoms with van der Waals surface area (Å²) in [6, 6.07) is 0. The second-order valence-electron chi connectivity index (χ2n) is 0.946. The maximum atomic E-state index is 5.08.